The van der Waals surface area contributed by atoms with Gasteiger partial charge < -0.3 is 5.73 Å². The highest BCUT2D eigenvalue weighted by Crippen LogP contribution is 2.45. The van der Waals surface area contributed by atoms with Gasteiger partial charge in [0.15, 0.2) is 0 Å². The molecule has 0 aromatic carbocycles. The van der Waals surface area contributed by atoms with E-state index in [1.165, 1.54) is 32.1 Å². The molecule has 0 spiro atoms. The topological polar surface area (TPSA) is 26.0 Å². The van der Waals surface area contributed by atoms with Crippen LogP contribution in [0.5, 0.6) is 0 Å². The van der Waals surface area contributed by atoms with Gasteiger partial charge in [-0.25, -0.2) is 0 Å². The van der Waals surface area contributed by atoms with E-state index < -0.39 is 0 Å². The summed E-state index contributed by atoms with van der Waals surface area (Å²) in [6.45, 7) is 4.73. The van der Waals surface area contributed by atoms with Crippen molar-refractivity contribution in [3.05, 3.63) is 0 Å². The van der Waals surface area contributed by atoms with Crippen molar-refractivity contribution in [2.45, 2.75) is 51.5 Å². The molecule has 1 heteroatoms. The second kappa shape index (κ2) is 2.73. The van der Waals surface area contributed by atoms with Crippen molar-refractivity contribution in [2.75, 3.05) is 0 Å². The zero-order chi connectivity index (χ0) is 8.77. The number of nitrogens with two attached hydrogens (primary N) is 1. The van der Waals surface area contributed by atoms with E-state index in [4.69, 9.17) is 5.73 Å². The van der Waals surface area contributed by atoms with E-state index in [1.807, 2.05) is 0 Å². The maximum absolute atomic E-state index is 6.38. The highest BCUT2D eigenvalue weighted by molar-refractivity contribution is 4.98. The molecule has 2 bridgehead atoms. The van der Waals surface area contributed by atoms with Crippen LogP contribution in [-0.2, 0) is 0 Å². The van der Waals surface area contributed by atoms with Crippen LogP contribution in [0.3, 0.4) is 0 Å². The number of rotatable bonds is 0. The molecule has 2 unspecified atom stereocenters. The van der Waals surface area contributed by atoms with Gasteiger partial charge in [0.25, 0.3) is 0 Å². The summed E-state index contributed by atoms with van der Waals surface area (Å²) in [6.07, 6.45) is 6.72. The summed E-state index contributed by atoms with van der Waals surface area (Å²) < 4.78 is 0. The molecule has 2 fully saturated rings. The molecule has 0 saturated heterocycles. The largest absolute Gasteiger partial charge is 0.325 e. The molecule has 2 aliphatic carbocycles. The molecule has 0 heterocycles. The average molecular weight is 167 g/mol. The number of hydrogen-bond acceptors (Lipinski definition) is 1. The summed E-state index contributed by atoms with van der Waals surface area (Å²) in [5, 5.41) is 0. The van der Waals surface area contributed by atoms with Gasteiger partial charge in [0, 0.05) is 5.54 Å². The Morgan fingerprint density at radius 2 is 1.50 bits per heavy atom. The summed E-state index contributed by atoms with van der Waals surface area (Å²) in [4.78, 5) is 0. The quantitative estimate of drug-likeness (QED) is 0.589. The Hall–Kier alpha value is -0.0400. The SMILES string of the molecule is CC1CC2CC(C)CC(N)(C1)C2. The van der Waals surface area contributed by atoms with Gasteiger partial charge in [0.2, 0.25) is 0 Å². The minimum Gasteiger partial charge on any atom is -0.325 e. The Labute approximate surface area is 75.7 Å². The first-order valence-corrected chi connectivity index (χ1v) is 5.36. The lowest BCUT2D eigenvalue weighted by atomic mass is 9.61. The van der Waals surface area contributed by atoms with Crippen molar-refractivity contribution < 1.29 is 0 Å². The van der Waals surface area contributed by atoms with E-state index in [0.717, 1.165) is 17.8 Å². The van der Waals surface area contributed by atoms with E-state index in [9.17, 15) is 0 Å². The number of hydrogen-bond donors (Lipinski definition) is 1. The summed E-state index contributed by atoms with van der Waals surface area (Å²) in [5.74, 6) is 2.70. The smallest absolute Gasteiger partial charge is 0.0162 e. The second-order valence-corrected chi connectivity index (χ2v) is 5.52. The molecule has 0 aromatic heterocycles. The van der Waals surface area contributed by atoms with Crippen molar-refractivity contribution in [3.63, 3.8) is 0 Å². The molecule has 12 heavy (non-hydrogen) atoms. The van der Waals surface area contributed by atoms with Crippen LogP contribution in [0.15, 0.2) is 0 Å². The zero-order valence-corrected chi connectivity index (χ0v) is 8.34. The van der Waals surface area contributed by atoms with Crippen molar-refractivity contribution in [2.24, 2.45) is 23.5 Å². The van der Waals surface area contributed by atoms with E-state index in [-0.39, 0.29) is 5.54 Å². The van der Waals surface area contributed by atoms with E-state index >= 15 is 0 Å². The van der Waals surface area contributed by atoms with Gasteiger partial charge >= 0.3 is 0 Å². The van der Waals surface area contributed by atoms with Gasteiger partial charge in [-0.05, 0) is 49.9 Å². The molecule has 2 atom stereocenters. The lowest BCUT2D eigenvalue weighted by Crippen LogP contribution is -2.51. The molecule has 1 nitrogen and oxygen atoms in total. The molecule has 0 amide bonds. The second-order valence-electron chi connectivity index (χ2n) is 5.52. The maximum atomic E-state index is 6.38. The average Bonchev–Trinajstić information content (AvgIpc) is 1.78. The van der Waals surface area contributed by atoms with Crippen molar-refractivity contribution in [1.82, 2.24) is 0 Å². The van der Waals surface area contributed by atoms with Gasteiger partial charge in [-0.1, -0.05) is 13.8 Å². The minimum atomic E-state index is 0.222. The third-order valence-corrected chi connectivity index (χ3v) is 3.68. The first kappa shape index (κ1) is 8.55. The summed E-state index contributed by atoms with van der Waals surface area (Å²) in [6, 6.07) is 0. The standard InChI is InChI=1S/C11H21N/c1-8-3-10-4-9(2)6-11(12,5-8)7-10/h8-10H,3-7,12H2,1-2H3. The van der Waals surface area contributed by atoms with Crippen LogP contribution in [-0.4, -0.2) is 5.54 Å². The first-order valence-electron chi connectivity index (χ1n) is 5.36. The molecular weight excluding hydrogens is 146 g/mol. The predicted molar refractivity (Wildman–Crippen MR) is 51.8 cm³/mol. The zero-order valence-electron chi connectivity index (χ0n) is 8.34. The molecule has 0 aliphatic heterocycles. The lowest BCUT2D eigenvalue weighted by Gasteiger charge is -2.47. The minimum absolute atomic E-state index is 0.222. The summed E-state index contributed by atoms with van der Waals surface area (Å²) in [5.41, 5.74) is 6.60. The normalized spacial score (nSPS) is 53.8. The fraction of sp³-hybridized carbons (Fsp3) is 1.00. The Kier molecular flexibility index (Phi) is 1.95. The predicted octanol–water partition coefficient (Wildman–Crippen LogP) is 2.55. The van der Waals surface area contributed by atoms with Gasteiger partial charge in [-0.3, -0.25) is 0 Å². The molecule has 2 saturated carbocycles. The van der Waals surface area contributed by atoms with Crippen LogP contribution >= 0.6 is 0 Å². The maximum Gasteiger partial charge on any atom is 0.0162 e. The highest BCUT2D eigenvalue weighted by Gasteiger charge is 2.41. The molecule has 2 aliphatic rings. The molecule has 0 radical (unpaired) electrons. The number of fused-ring (bicyclic) bond motifs is 2. The summed E-state index contributed by atoms with van der Waals surface area (Å²) in [7, 11) is 0. The monoisotopic (exact) mass is 167 g/mol. The Bertz CT molecular complexity index is 156. The van der Waals surface area contributed by atoms with Crippen molar-refractivity contribution >= 4 is 0 Å². The van der Waals surface area contributed by atoms with E-state index in [1.54, 1.807) is 0 Å². The Morgan fingerprint density at radius 3 is 1.92 bits per heavy atom. The van der Waals surface area contributed by atoms with Crippen LogP contribution in [0.25, 0.3) is 0 Å². The molecule has 0 aromatic rings. The molecular formula is C11H21N. The molecule has 70 valence electrons. The third-order valence-electron chi connectivity index (χ3n) is 3.68. The van der Waals surface area contributed by atoms with E-state index in [0.29, 0.717) is 0 Å². The van der Waals surface area contributed by atoms with Crippen LogP contribution in [0, 0.1) is 17.8 Å². The van der Waals surface area contributed by atoms with Crippen LogP contribution < -0.4 is 5.73 Å². The fourth-order valence-electron chi connectivity index (χ4n) is 3.78. The Balaban J connectivity index is 2.11. The fourth-order valence-corrected chi connectivity index (χ4v) is 3.78. The van der Waals surface area contributed by atoms with Gasteiger partial charge in [-0.15, -0.1) is 0 Å². The van der Waals surface area contributed by atoms with Gasteiger partial charge in [-0.2, -0.15) is 0 Å². The summed E-state index contributed by atoms with van der Waals surface area (Å²) >= 11 is 0. The van der Waals surface area contributed by atoms with Crippen molar-refractivity contribution in [1.29, 1.82) is 0 Å². The first-order chi connectivity index (χ1) is 5.57. The van der Waals surface area contributed by atoms with E-state index in [2.05, 4.69) is 13.8 Å². The lowest BCUT2D eigenvalue weighted by molar-refractivity contribution is 0.0838. The molecule has 2 N–H and O–H groups in total. The van der Waals surface area contributed by atoms with Crippen molar-refractivity contribution in [3.8, 4) is 0 Å². The third kappa shape index (κ3) is 1.52. The highest BCUT2D eigenvalue weighted by atomic mass is 14.8. The van der Waals surface area contributed by atoms with Crippen LogP contribution in [0.1, 0.15) is 46.0 Å². The Morgan fingerprint density at radius 1 is 1.00 bits per heavy atom. The van der Waals surface area contributed by atoms with Crippen LogP contribution in [0.2, 0.25) is 0 Å². The molecule has 2 rings (SSSR count). The van der Waals surface area contributed by atoms with Gasteiger partial charge in [0.1, 0.15) is 0 Å². The van der Waals surface area contributed by atoms with Gasteiger partial charge in [0.05, 0.1) is 0 Å². The van der Waals surface area contributed by atoms with Crippen LogP contribution in [0.4, 0.5) is 0 Å².